The van der Waals surface area contributed by atoms with E-state index in [4.69, 9.17) is 9.47 Å². The average Bonchev–Trinajstić information content (AvgIpc) is 3.00. The van der Waals surface area contributed by atoms with E-state index in [1.165, 1.54) is 6.08 Å². The molecule has 0 saturated carbocycles. The lowest BCUT2D eigenvalue weighted by Crippen LogP contribution is -2.47. The molecule has 2 amide bonds. The second-order valence-corrected chi connectivity index (χ2v) is 5.43. The van der Waals surface area contributed by atoms with Crippen molar-refractivity contribution in [2.75, 3.05) is 46.5 Å². The highest BCUT2D eigenvalue weighted by atomic mass is 16.6. The number of fused-ring (bicyclic) bond motifs is 1. The number of likely N-dealkylation sites (tertiary alicyclic amines) is 1. The Morgan fingerprint density at radius 2 is 2.35 bits per heavy atom. The zero-order valence-electron chi connectivity index (χ0n) is 12.1. The number of amides is 2. The molecule has 0 N–H and O–H groups in total. The lowest BCUT2D eigenvalue weighted by Gasteiger charge is -2.30. The van der Waals surface area contributed by atoms with Crippen LogP contribution in [-0.4, -0.2) is 68.3 Å². The van der Waals surface area contributed by atoms with Crippen molar-refractivity contribution < 1.29 is 19.1 Å². The Morgan fingerprint density at radius 1 is 1.60 bits per heavy atom. The van der Waals surface area contributed by atoms with Gasteiger partial charge in [-0.05, 0) is 6.92 Å². The lowest BCUT2D eigenvalue weighted by atomic mass is 9.79. The van der Waals surface area contributed by atoms with E-state index in [1.54, 1.807) is 16.8 Å². The molecule has 2 aliphatic rings. The quantitative estimate of drug-likeness (QED) is 0.713. The minimum Gasteiger partial charge on any atom is -0.445 e. The lowest BCUT2D eigenvalue weighted by molar-refractivity contribution is -0.141. The number of hydrogen-bond acceptors (Lipinski definition) is 4. The molecule has 0 aromatic rings. The van der Waals surface area contributed by atoms with Gasteiger partial charge in [-0.2, -0.15) is 0 Å². The van der Waals surface area contributed by atoms with Crippen molar-refractivity contribution in [2.24, 2.45) is 11.3 Å². The molecule has 2 aliphatic heterocycles. The number of ether oxygens (including phenoxy) is 2. The molecule has 0 aromatic carbocycles. The van der Waals surface area contributed by atoms with E-state index < -0.39 is 5.41 Å². The highest BCUT2D eigenvalue weighted by Gasteiger charge is 2.57. The van der Waals surface area contributed by atoms with Crippen LogP contribution in [0.4, 0.5) is 4.79 Å². The van der Waals surface area contributed by atoms with Crippen LogP contribution in [0.5, 0.6) is 0 Å². The second-order valence-electron chi connectivity index (χ2n) is 5.43. The second kappa shape index (κ2) is 5.83. The van der Waals surface area contributed by atoms with Crippen LogP contribution in [0.1, 0.15) is 6.92 Å². The first-order valence-corrected chi connectivity index (χ1v) is 6.91. The number of rotatable bonds is 4. The Hall–Kier alpha value is -1.56. The molecule has 0 aliphatic carbocycles. The summed E-state index contributed by atoms with van der Waals surface area (Å²) < 4.78 is 10.6. The summed E-state index contributed by atoms with van der Waals surface area (Å²) >= 11 is 0. The third-order valence-electron chi connectivity index (χ3n) is 4.20. The minimum absolute atomic E-state index is 0.0558. The summed E-state index contributed by atoms with van der Waals surface area (Å²) in [5.74, 6) is 0.113. The number of hydrogen-bond donors (Lipinski definition) is 0. The molecule has 0 bridgehead atoms. The average molecular weight is 282 g/mol. The van der Waals surface area contributed by atoms with E-state index in [1.807, 2.05) is 6.92 Å². The summed E-state index contributed by atoms with van der Waals surface area (Å²) in [5, 5.41) is 0. The zero-order chi connectivity index (χ0) is 14.8. The van der Waals surface area contributed by atoms with Gasteiger partial charge in [0.2, 0.25) is 5.91 Å². The molecule has 6 nitrogen and oxygen atoms in total. The van der Waals surface area contributed by atoms with Crippen LogP contribution in [-0.2, 0) is 14.3 Å². The molecule has 2 saturated heterocycles. The fourth-order valence-electron chi connectivity index (χ4n) is 2.92. The Bertz CT molecular complexity index is 412. The Morgan fingerprint density at radius 3 is 3.00 bits per heavy atom. The smallest absolute Gasteiger partial charge is 0.410 e. The first-order valence-electron chi connectivity index (χ1n) is 6.91. The molecular formula is C14H22N2O4. The summed E-state index contributed by atoms with van der Waals surface area (Å²) in [4.78, 5) is 27.8. The third kappa shape index (κ3) is 2.40. The first-order chi connectivity index (χ1) is 9.55. The van der Waals surface area contributed by atoms with Crippen LogP contribution < -0.4 is 0 Å². The van der Waals surface area contributed by atoms with E-state index >= 15 is 0 Å². The van der Waals surface area contributed by atoms with Crippen molar-refractivity contribution in [1.29, 1.82) is 0 Å². The molecular weight excluding hydrogens is 260 g/mol. The summed E-state index contributed by atoms with van der Waals surface area (Å²) in [5.41, 5.74) is -0.599. The zero-order valence-corrected chi connectivity index (χ0v) is 12.1. The predicted octanol–water partition coefficient (Wildman–Crippen LogP) is 0.736. The molecule has 0 spiro atoms. The monoisotopic (exact) mass is 282 g/mol. The molecule has 6 heteroatoms. The number of nitrogens with zero attached hydrogens (tertiary/aromatic N) is 2. The van der Waals surface area contributed by atoms with E-state index in [9.17, 15) is 9.59 Å². The van der Waals surface area contributed by atoms with Gasteiger partial charge in [0.1, 0.15) is 6.61 Å². The van der Waals surface area contributed by atoms with Crippen molar-refractivity contribution in [3.8, 4) is 0 Å². The topological polar surface area (TPSA) is 59.1 Å². The fourth-order valence-corrected chi connectivity index (χ4v) is 2.92. The maximum Gasteiger partial charge on any atom is 0.410 e. The molecule has 0 unspecified atom stereocenters. The van der Waals surface area contributed by atoms with Gasteiger partial charge in [-0.25, -0.2) is 4.79 Å². The maximum atomic E-state index is 12.6. The van der Waals surface area contributed by atoms with E-state index in [-0.39, 0.29) is 24.5 Å². The highest BCUT2D eigenvalue weighted by molar-refractivity contribution is 5.85. The van der Waals surface area contributed by atoms with Gasteiger partial charge in [0.15, 0.2) is 0 Å². The molecule has 112 valence electrons. The van der Waals surface area contributed by atoms with Crippen LogP contribution in [0.15, 0.2) is 12.7 Å². The van der Waals surface area contributed by atoms with Crippen LogP contribution in [0.25, 0.3) is 0 Å². The van der Waals surface area contributed by atoms with Crippen LogP contribution in [0.2, 0.25) is 0 Å². The summed E-state index contributed by atoms with van der Waals surface area (Å²) in [6.45, 7) is 8.07. The van der Waals surface area contributed by atoms with Gasteiger partial charge in [0.25, 0.3) is 0 Å². The van der Waals surface area contributed by atoms with Crippen molar-refractivity contribution in [3.05, 3.63) is 12.7 Å². The largest absolute Gasteiger partial charge is 0.445 e. The van der Waals surface area contributed by atoms with Crippen LogP contribution in [0, 0.1) is 11.3 Å². The fraction of sp³-hybridized carbons (Fsp3) is 0.714. The van der Waals surface area contributed by atoms with Gasteiger partial charge < -0.3 is 19.3 Å². The van der Waals surface area contributed by atoms with Crippen LogP contribution >= 0.6 is 0 Å². The Labute approximate surface area is 119 Å². The van der Waals surface area contributed by atoms with Crippen molar-refractivity contribution in [2.45, 2.75) is 6.92 Å². The standard InChI is InChI=1S/C14H22N2O4/c1-4-6-20-13(18)16-7-11-8-19-10-14(11,9-16)12(17)15(3)5-2/h4,11H,1,5-10H2,2-3H3/t11-,14-/m1/s1. The van der Waals surface area contributed by atoms with E-state index in [2.05, 4.69) is 6.58 Å². The van der Waals surface area contributed by atoms with Gasteiger partial charge in [0.05, 0.1) is 18.6 Å². The van der Waals surface area contributed by atoms with Gasteiger partial charge >= 0.3 is 6.09 Å². The maximum absolute atomic E-state index is 12.6. The highest BCUT2D eigenvalue weighted by Crippen LogP contribution is 2.42. The van der Waals surface area contributed by atoms with E-state index in [0.717, 1.165) is 0 Å². The Kier molecular flexibility index (Phi) is 4.32. The molecule has 0 radical (unpaired) electrons. The first kappa shape index (κ1) is 14.8. The molecule has 20 heavy (non-hydrogen) atoms. The van der Waals surface area contributed by atoms with Crippen molar-refractivity contribution in [3.63, 3.8) is 0 Å². The van der Waals surface area contributed by atoms with Gasteiger partial charge in [-0.15, -0.1) is 0 Å². The normalized spacial score (nSPS) is 28.1. The molecule has 2 fully saturated rings. The number of carbonyl (C=O) groups excluding carboxylic acids is 2. The van der Waals surface area contributed by atoms with E-state index in [0.29, 0.717) is 32.8 Å². The summed E-state index contributed by atoms with van der Waals surface area (Å²) in [6, 6.07) is 0. The van der Waals surface area contributed by atoms with Crippen LogP contribution in [0.3, 0.4) is 0 Å². The third-order valence-corrected chi connectivity index (χ3v) is 4.20. The van der Waals surface area contributed by atoms with Crippen molar-refractivity contribution in [1.82, 2.24) is 9.80 Å². The molecule has 0 aromatic heterocycles. The molecule has 2 rings (SSSR count). The minimum atomic E-state index is -0.599. The summed E-state index contributed by atoms with van der Waals surface area (Å²) in [6.07, 6.45) is 1.15. The van der Waals surface area contributed by atoms with Crippen molar-refractivity contribution >= 4 is 12.0 Å². The SMILES string of the molecule is C=CCOC(=O)N1C[C@@H]2COC[C@]2(C(=O)N(C)CC)C1. The molecule has 2 heterocycles. The van der Waals surface area contributed by atoms with Gasteiger partial charge in [0, 0.05) is 32.6 Å². The van der Waals surface area contributed by atoms with Gasteiger partial charge in [-0.3, -0.25) is 4.79 Å². The molecule has 2 atom stereocenters. The number of carbonyl (C=O) groups is 2. The summed E-state index contributed by atoms with van der Waals surface area (Å²) in [7, 11) is 1.78. The Balaban J connectivity index is 2.10. The predicted molar refractivity (Wildman–Crippen MR) is 73.2 cm³/mol. The van der Waals surface area contributed by atoms with Gasteiger partial charge in [-0.1, -0.05) is 12.7 Å².